The Morgan fingerprint density at radius 3 is 2.84 bits per heavy atom. The SMILES string of the molecule is CCCO[C@@H]1C[C@@H](C(=O)N(C)Cc2ccon2)CC[C@H]1NC(=O)c1cnc[nH]1.O=CO. The lowest BCUT2D eigenvalue weighted by molar-refractivity contribution is -0.138. The van der Waals surface area contributed by atoms with Gasteiger partial charge in [-0.2, -0.15) is 0 Å². The number of rotatable bonds is 8. The van der Waals surface area contributed by atoms with E-state index in [-0.39, 0.29) is 36.4 Å². The third-order valence-electron chi connectivity index (χ3n) is 5.00. The fourth-order valence-corrected chi connectivity index (χ4v) is 3.55. The van der Waals surface area contributed by atoms with Gasteiger partial charge in [0.1, 0.15) is 17.7 Å². The smallest absolute Gasteiger partial charge is 0.290 e. The average Bonchev–Trinajstić information content (AvgIpc) is 3.47. The topological polar surface area (TPSA) is 151 Å². The van der Waals surface area contributed by atoms with Crippen molar-refractivity contribution >= 4 is 18.3 Å². The first kappa shape index (κ1) is 24.1. The van der Waals surface area contributed by atoms with Crippen molar-refractivity contribution in [1.82, 2.24) is 25.3 Å². The molecule has 170 valence electrons. The first-order valence-corrected chi connectivity index (χ1v) is 10.1. The van der Waals surface area contributed by atoms with Crippen molar-refractivity contribution in [3.8, 4) is 0 Å². The van der Waals surface area contributed by atoms with Crippen LogP contribution in [-0.4, -0.2) is 69.2 Å². The summed E-state index contributed by atoms with van der Waals surface area (Å²) in [4.78, 5) is 42.0. The second-order valence-electron chi connectivity index (χ2n) is 7.25. The van der Waals surface area contributed by atoms with Crippen LogP contribution in [0, 0.1) is 5.92 Å². The normalized spacial score (nSPS) is 20.3. The minimum Gasteiger partial charge on any atom is -0.483 e. The van der Waals surface area contributed by atoms with Crippen molar-refractivity contribution in [3.63, 3.8) is 0 Å². The minimum absolute atomic E-state index is 0.0615. The van der Waals surface area contributed by atoms with Gasteiger partial charge in [0, 0.05) is 25.6 Å². The van der Waals surface area contributed by atoms with Crippen molar-refractivity contribution < 1.29 is 28.8 Å². The molecule has 31 heavy (non-hydrogen) atoms. The van der Waals surface area contributed by atoms with E-state index in [1.54, 1.807) is 18.0 Å². The molecule has 3 N–H and O–H groups in total. The van der Waals surface area contributed by atoms with E-state index in [2.05, 4.69) is 20.4 Å². The highest BCUT2D eigenvalue weighted by molar-refractivity contribution is 5.92. The van der Waals surface area contributed by atoms with Crippen LogP contribution >= 0.6 is 0 Å². The third kappa shape index (κ3) is 7.21. The van der Waals surface area contributed by atoms with Gasteiger partial charge in [-0.3, -0.25) is 14.4 Å². The van der Waals surface area contributed by atoms with Gasteiger partial charge in [0.2, 0.25) is 5.91 Å². The van der Waals surface area contributed by atoms with Crippen LogP contribution < -0.4 is 5.32 Å². The number of carbonyl (C=O) groups is 3. The zero-order valence-corrected chi connectivity index (χ0v) is 17.7. The molecule has 2 aromatic rings. The summed E-state index contributed by atoms with van der Waals surface area (Å²) in [6, 6.07) is 1.62. The summed E-state index contributed by atoms with van der Waals surface area (Å²) in [6.07, 6.45) is 7.10. The fourth-order valence-electron chi connectivity index (χ4n) is 3.55. The molecule has 1 aliphatic rings. The number of aromatic nitrogens is 3. The maximum absolute atomic E-state index is 12.9. The molecule has 0 bridgehead atoms. The molecule has 0 saturated heterocycles. The van der Waals surface area contributed by atoms with E-state index in [1.165, 1.54) is 18.8 Å². The number of ether oxygens (including phenoxy) is 1. The Balaban J connectivity index is 0.00000107. The number of aromatic amines is 1. The summed E-state index contributed by atoms with van der Waals surface area (Å²) < 4.78 is 10.8. The van der Waals surface area contributed by atoms with E-state index in [0.29, 0.717) is 38.1 Å². The predicted molar refractivity (Wildman–Crippen MR) is 109 cm³/mol. The summed E-state index contributed by atoms with van der Waals surface area (Å²) in [5.41, 5.74) is 1.13. The largest absolute Gasteiger partial charge is 0.483 e. The Hall–Kier alpha value is -3.21. The van der Waals surface area contributed by atoms with Crippen LogP contribution in [0.25, 0.3) is 0 Å². The number of nitrogens with one attached hydrogen (secondary N) is 2. The monoisotopic (exact) mass is 435 g/mol. The molecule has 3 atom stereocenters. The van der Waals surface area contributed by atoms with Gasteiger partial charge in [-0.25, -0.2) is 4.98 Å². The summed E-state index contributed by atoms with van der Waals surface area (Å²) in [7, 11) is 1.77. The number of hydrogen-bond acceptors (Lipinski definition) is 7. The molecule has 1 fully saturated rings. The van der Waals surface area contributed by atoms with Crippen LogP contribution in [-0.2, 0) is 20.9 Å². The van der Waals surface area contributed by atoms with E-state index in [1.807, 2.05) is 6.92 Å². The molecule has 0 aromatic carbocycles. The van der Waals surface area contributed by atoms with E-state index in [4.69, 9.17) is 19.2 Å². The molecule has 1 aliphatic carbocycles. The quantitative estimate of drug-likeness (QED) is 0.527. The maximum Gasteiger partial charge on any atom is 0.290 e. The zero-order valence-electron chi connectivity index (χ0n) is 17.7. The molecule has 0 radical (unpaired) electrons. The molecule has 11 nitrogen and oxygen atoms in total. The van der Waals surface area contributed by atoms with E-state index < -0.39 is 0 Å². The van der Waals surface area contributed by atoms with Crippen LogP contribution in [0.2, 0.25) is 0 Å². The zero-order chi connectivity index (χ0) is 22.6. The minimum atomic E-state index is -0.250. The molecule has 0 unspecified atom stereocenters. The Labute approximate surface area is 180 Å². The predicted octanol–water partition coefficient (Wildman–Crippen LogP) is 1.45. The molecule has 0 spiro atoms. The van der Waals surface area contributed by atoms with Gasteiger partial charge in [0.05, 0.1) is 31.2 Å². The second kappa shape index (κ2) is 12.5. The van der Waals surface area contributed by atoms with E-state index >= 15 is 0 Å². The highest BCUT2D eigenvalue weighted by Crippen LogP contribution is 2.29. The Bertz CT molecular complexity index is 795. The molecule has 2 heterocycles. The lowest BCUT2D eigenvalue weighted by Gasteiger charge is -2.37. The summed E-state index contributed by atoms with van der Waals surface area (Å²) in [5, 5.41) is 13.8. The summed E-state index contributed by atoms with van der Waals surface area (Å²) in [5.74, 6) is -0.286. The van der Waals surface area contributed by atoms with Gasteiger partial charge in [-0.1, -0.05) is 12.1 Å². The van der Waals surface area contributed by atoms with Crippen molar-refractivity contribution in [2.75, 3.05) is 13.7 Å². The maximum atomic E-state index is 12.9. The number of imidazole rings is 1. The van der Waals surface area contributed by atoms with Gasteiger partial charge in [0.25, 0.3) is 12.4 Å². The summed E-state index contributed by atoms with van der Waals surface area (Å²) in [6.45, 7) is 2.79. The number of carbonyl (C=O) groups excluding carboxylic acids is 2. The highest BCUT2D eigenvalue weighted by atomic mass is 16.5. The molecule has 2 amide bonds. The standard InChI is InChI=1S/C19H27N5O4.CH2O2/c1-3-7-27-17-9-13(19(26)24(2)11-14-6-8-28-23-14)4-5-15(17)22-18(25)16-10-20-12-21-16;2-1-3/h6,8,10,12-13,15,17H,3-5,7,9,11H2,1-2H3,(H,20,21)(H,22,25);1H,(H,2,3)/t13-,15+,17+;/m0./s1. The molecule has 0 aliphatic heterocycles. The lowest BCUT2D eigenvalue weighted by Crippen LogP contribution is -2.50. The highest BCUT2D eigenvalue weighted by Gasteiger charge is 2.36. The number of carboxylic acid groups (broad SMARTS) is 1. The molecule has 11 heteroatoms. The van der Waals surface area contributed by atoms with Gasteiger partial charge in [-0.05, 0) is 25.7 Å². The Morgan fingerprint density at radius 2 is 2.23 bits per heavy atom. The van der Waals surface area contributed by atoms with Crippen LogP contribution in [0.3, 0.4) is 0 Å². The fraction of sp³-hybridized carbons (Fsp3) is 0.550. The average molecular weight is 435 g/mol. The van der Waals surface area contributed by atoms with Crippen LogP contribution in [0.1, 0.15) is 48.8 Å². The summed E-state index contributed by atoms with van der Waals surface area (Å²) >= 11 is 0. The number of amides is 2. The van der Waals surface area contributed by atoms with Crippen molar-refractivity contribution in [2.24, 2.45) is 5.92 Å². The molecule has 3 rings (SSSR count). The van der Waals surface area contributed by atoms with E-state index in [0.717, 1.165) is 12.1 Å². The van der Waals surface area contributed by atoms with Crippen molar-refractivity contribution in [2.45, 2.75) is 51.3 Å². The number of nitrogens with zero attached hydrogens (tertiary/aromatic N) is 3. The van der Waals surface area contributed by atoms with Gasteiger partial charge in [-0.15, -0.1) is 0 Å². The van der Waals surface area contributed by atoms with Crippen molar-refractivity contribution in [3.05, 3.63) is 36.2 Å². The molecular formula is C20H29N5O6. The first-order chi connectivity index (χ1) is 15.0. The Kier molecular flexibility index (Phi) is 9.69. The van der Waals surface area contributed by atoms with Crippen LogP contribution in [0.15, 0.2) is 29.4 Å². The van der Waals surface area contributed by atoms with Crippen LogP contribution in [0.5, 0.6) is 0 Å². The van der Waals surface area contributed by atoms with Gasteiger partial charge in [0.15, 0.2) is 0 Å². The third-order valence-corrected chi connectivity index (χ3v) is 5.00. The van der Waals surface area contributed by atoms with E-state index in [9.17, 15) is 9.59 Å². The second-order valence-corrected chi connectivity index (χ2v) is 7.25. The van der Waals surface area contributed by atoms with Gasteiger partial charge >= 0.3 is 0 Å². The van der Waals surface area contributed by atoms with Gasteiger partial charge < -0.3 is 29.6 Å². The number of H-pyrrole nitrogens is 1. The molecular weight excluding hydrogens is 406 g/mol. The Morgan fingerprint density at radius 1 is 1.45 bits per heavy atom. The lowest BCUT2D eigenvalue weighted by atomic mass is 9.82. The first-order valence-electron chi connectivity index (χ1n) is 10.1. The molecule has 2 aromatic heterocycles. The molecule has 1 saturated carbocycles. The number of hydrogen-bond donors (Lipinski definition) is 3. The van der Waals surface area contributed by atoms with Crippen LogP contribution in [0.4, 0.5) is 0 Å². The van der Waals surface area contributed by atoms with Crippen molar-refractivity contribution in [1.29, 1.82) is 0 Å².